The van der Waals surface area contributed by atoms with Gasteiger partial charge in [0.25, 0.3) is 7.82 Å². The molecule has 0 aliphatic heterocycles. The van der Waals surface area contributed by atoms with E-state index >= 15 is 0 Å². The zero-order valence-electron chi connectivity index (χ0n) is 33.1. The summed E-state index contributed by atoms with van der Waals surface area (Å²) in [6.45, 7) is 5.27. The first-order chi connectivity index (χ1) is 24.1. The molecular formula is C41H78NO7P. The Bertz CT molecular complexity index is 900. The van der Waals surface area contributed by atoms with Gasteiger partial charge in [-0.2, -0.15) is 0 Å². The number of quaternary nitrogens is 1. The highest BCUT2D eigenvalue weighted by molar-refractivity contribution is 7.45. The van der Waals surface area contributed by atoms with Crippen molar-refractivity contribution in [3.8, 4) is 0 Å². The molecule has 0 radical (unpaired) electrons. The SMILES string of the molecule is CC/C=C\C/C=C\C/C=C\CCCCCCCCCCOCC(COP(=O)([O-])OCC[N+](C)(C)C)OC(=O)CCCCCCCCCCCC. The van der Waals surface area contributed by atoms with Crippen molar-refractivity contribution in [3.05, 3.63) is 36.5 Å². The van der Waals surface area contributed by atoms with Crippen molar-refractivity contribution >= 4 is 13.8 Å². The summed E-state index contributed by atoms with van der Waals surface area (Å²) in [6, 6.07) is 0. The van der Waals surface area contributed by atoms with Crippen molar-refractivity contribution in [2.24, 2.45) is 0 Å². The lowest BCUT2D eigenvalue weighted by Gasteiger charge is -2.28. The zero-order valence-corrected chi connectivity index (χ0v) is 34.0. The van der Waals surface area contributed by atoms with Crippen LogP contribution in [-0.4, -0.2) is 70.7 Å². The summed E-state index contributed by atoms with van der Waals surface area (Å²) in [5.41, 5.74) is 0. The highest BCUT2D eigenvalue weighted by Gasteiger charge is 2.20. The van der Waals surface area contributed by atoms with E-state index in [9.17, 15) is 14.3 Å². The number of hydrogen-bond acceptors (Lipinski definition) is 7. The van der Waals surface area contributed by atoms with E-state index in [2.05, 4.69) is 50.3 Å². The van der Waals surface area contributed by atoms with E-state index in [4.69, 9.17) is 18.5 Å². The van der Waals surface area contributed by atoms with Gasteiger partial charge in [0.1, 0.15) is 19.3 Å². The molecule has 0 N–H and O–H groups in total. The van der Waals surface area contributed by atoms with E-state index in [1.165, 1.54) is 83.5 Å². The highest BCUT2D eigenvalue weighted by Crippen LogP contribution is 2.38. The first kappa shape index (κ1) is 48.7. The first-order valence-electron chi connectivity index (χ1n) is 20.2. The molecule has 0 aliphatic carbocycles. The lowest BCUT2D eigenvalue weighted by molar-refractivity contribution is -0.870. The van der Waals surface area contributed by atoms with Crippen LogP contribution in [0.1, 0.15) is 162 Å². The average molecular weight is 728 g/mol. The Labute approximate surface area is 308 Å². The van der Waals surface area contributed by atoms with Gasteiger partial charge < -0.3 is 27.9 Å². The number of unbranched alkanes of at least 4 members (excludes halogenated alkanes) is 17. The molecule has 2 atom stereocenters. The summed E-state index contributed by atoms with van der Waals surface area (Å²) in [5.74, 6) is -0.340. The van der Waals surface area contributed by atoms with E-state index in [1.54, 1.807) is 0 Å². The smallest absolute Gasteiger partial charge is 0.306 e. The Morgan fingerprint density at radius 1 is 0.640 bits per heavy atom. The number of phosphoric ester groups is 1. The molecular weight excluding hydrogens is 649 g/mol. The summed E-state index contributed by atoms with van der Waals surface area (Å²) in [5, 5.41) is 0. The third kappa shape index (κ3) is 38.0. The Morgan fingerprint density at radius 2 is 1.16 bits per heavy atom. The molecule has 50 heavy (non-hydrogen) atoms. The van der Waals surface area contributed by atoms with Crippen LogP contribution in [0, 0.1) is 0 Å². The number of esters is 1. The molecule has 0 heterocycles. The molecule has 0 fully saturated rings. The van der Waals surface area contributed by atoms with Crippen LogP contribution in [0.2, 0.25) is 0 Å². The molecule has 0 amide bonds. The molecule has 0 aromatic carbocycles. The largest absolute Gasteiger partial charge is 0.756 e. The molecule has 0 saturated heterocycles. The van der Waals surface area contributed by atoms with Crippen LogP contribution < -0.4 is 4.89 Å². The molecule has 294 valence electrons. The quantitative estimate of drug-likeness (QED) is 0.0207. The van der Waals surface area contributed by atoms with E-state index in [1.807, 2.05) is 21.1 Å². The Balaban J connectivity index is 4.22. The fourth-order valence-corrected chi connectivity index (χ4v) is 6.05. The molecule has 0 spiro atoms. The second kappa shape index (κ2) is 34.8. The number of likely N-dealkylation sites (N-methyl/N-ethyl adjacent to an activating group) is 1. The minimum absolute atomic E-state index is 0.0249. The summed E-state index contributed by atoms with van der Waals surface area (Å²) >= 11 is 0. The van der Waals surface area contributed by atoms with Gasteiger partial charge in [-0.1, -0.05) is 147 Å². The molecule has 0 saturated carbocycles. The maximum absolute atomic E-state index is 12.6. The lowest BCUT2D eigenvalue weighted by Crippen LogP contribution is -2.37. The first-order valence-corrected chi connectivity index (χ1v) is 21.7. The Morgan fingerprint density at radius 3 is 1.74 bits per heavy atom. The number of carbonyl (C=O) groups excluding carboxylic acids is 1. The average Bonchev–Trinajstić information content (AvgIpc) is 3.06. The minimum Gasteiger partial charge on any atom is -0.756 e. The van der Waals surface area contributed by atoms with E-state index < -0.39 is 13.9 Å². The predicted molar refractivity (Wildman–Crippen MR) is 208 cm³/mol. The van der Waals surface area contributed by atoms with Gasteiger partial charge in [-0.25, -0.2) is 0 Å². The zero-order chi connectivity index (χ0) is 37.0. The maximum atomic E-state index is 12.6. The van der Waals surface area contributed by atoms with Crippen LogP contribution in [0.5, 0.6) is 0 Å². The molecule has 8 nitrogen and oxygen atoms in total. The van der Waals surface area contributed by atoms with Gasteiger partial charge in [-0.05, 0) is 44.9 Å². The van der Waals surface area contributed by atoms with Crippen LogP contribution in [-0.2, 0) is 27.9 Å². The minimum atomic E-state index is -4.52. The normalized spacial score (nSPS) is 14.3. The van der Waals surface area contributed by atoms with Crippen LogP contribution in [0.15, 0.2) is 36.5 Å². The second-order valence-electron chi connectivity index (χ2n) is 14.6. The van der Waals surface area contributed by atoms with E-state index in [0.717, 1.165) is 57.8 Å². The number of nitrogens with zero attached hydrogens (tertiary/aromatic N) is 1. The van der Waals surface area contributed by atoms with Crippen molar-refractivity contribution in [1.29, 1.82) is 0 Å². The number of carbonyl (C=O) groups is 1. The molecule has 0 aliphatic rings. The Hall–Kier alpha value is -1.28. The lowest BCUT2D eigenvalue weighted by atomic mass is 10.1. The topological polar surface area (TPSA) is 94.1 Å². The number of allylic oxidation sites excluding steroid dienone is 6. The van der Waals surface area contributed by atoms with Gasteiger partial charge >= 0.3 is 5.97 Å². The highest BCUT2D eigenvalue weighted by atomic mass is 31.2. The summed E-state index contributed by atoms with van der Waals surface area (Å²) in [6.07, 6.45) is 38.7. The number of ether oxygens (including phenoxy) is 2. The summed E-state index contributed by atoms with van der Waals surface area (Å²) in [4.78, 5) is 24.9. The third-order valence-electron chi connectivity index (χ3n) is 8.46. The molecule has 2 unspecified atom stereocenters. The van der Waals surface area contributed by atoms with Crippen molar-refractivity contribution < 1.29 is 37.3 Å². The summed E-state index contributed by atoms with van der Waals surface area (Å²) in [7, 11) is 1.35. The van der Waals surface area contributed by atoms with Crippen LogP contribution >= 0.6 is 7.82 Å². The van der Waals surface area contributed by atoms with Crippen molar-refractivity contribution in [3.63, 3.8) is 0 Å². The fraction of sp³-hybridized carbons (Fsp3) is 0.829. The fourth-order valence-electron chi connectivity index (χ4n) is 5.32. The van der Waals surface area contributed by atoms with Gasteiger partial charge in [0.15, 0.2) is 0 Å². The van der Waals surface area contributed by atoms with Crippen LogP contribution in [0.3, 0.4) is 0 Å². The number of phosphoric acid groups is 1. The third-order valence-corrected chi connectivity index (χ3v) is 9.42. The molecule has 0 bridgehead atoms. The van der Waals surface area contributed by atoms with Gasteiger partial charge in [0.2, 0.25) is 0 Å². The molecule has 0 aromatic heterocycles. The van der Waals surface area contributed by atoms with Gasteiger partial charge in [0, 0.05) is 13.0 Å². The van der Waals surface area contributed by atoms with Gasteiger partial charge in [-0.3, -0.25) is 9.36 Å². The van der Waals surface area contributed by atoms with Crippen molar-refractivity contribution in [2.75, 3.05) is 54.1 Å². The predicted octanol–water partition coefficient (Wildman–Crippen LogP) is 10.8. The summed E-state index contributed by atoms with van der Waals surface area (Å²) < 4.78 is 34.5. The molecule has 0 aromatic rings. The monoisotopic (exact) mass is 728 g/mol. The van der Waals surface area contributed by atoms with Crippen LogP contribution in [0.4, 0.5) is 0 Å². The molecule has 9 heteroatoms. The van der Waals surface area contributed by atoms with Crippen molar-refractivity contribution in [1.82, 2.24) is 0 Å². The van der Waals surface area contributed by atoms with Crippen molar-refractivity contribution in [2.45, 2.75) is 168 Å². The second-order valence-corrected chi connectivity index (χ2v) is 16.0. The van der Waals surface area contributed by atoms with E-state index in [0.29, 0.717) is 24.1 Å². The molecule has 0 rings (SSSR count). The maximum Gasteiger partial charge on any atom is 0.306 e. The van der Waals surface area contributed by atoms with Crippen LogP contribution in [0.25, 0.3) is 0 Å². The standard InChI is InChI=1S/C41H78NO7P/c1-6-8-10-12-14-16-18-19-20-21-22-23-24-25-27-29-31-33-36-46-38-40(39-48-50(44,45)47-37-35-42(3,4)5)49-41(43)34-32-30-28-26-17-15-13-11-9-7-2/h8,10,14,16,19-20,40H,6-7,9,11-13,15,17-18,21-39H2,1-5H3/b10-8-,16-14-,20-19-. The van der Waals surface area contributed by atoms with Gasteiger partial charge in [0.05, 0.1) is 34.4 Å². The number of hydrogen-bond donors (Lipinski definition) is 0. The van der Waals surface area contributed by atoms with Gasteiger partial charge in [-0.15, -0.1) is 0 Å². The number of rotatable bonds is 37. The Kier molecular flexibility index (Phi) is 33.9. The van der Waals surface area contributed by atoms with E-state index in [-0.39, 0.29) is 25.8 Å².